The van der Waals surface area contributed by atoms with Gasteiger partial charge in [0, 0.05) is 35.2 Å². The van der Waals surface area contributed by atoms with Crippen LogP contribution in [-0.2, 0) is 16.1 Å². The van der Waals surface area contributed by atoms with Gasteiger partial charge in [0.2, 0.25) is 0 Å². The summed E-state index contributed by atoms with van der Waals surface area (Å²) < 4.78 is 23.9. The second-order valence-corrected chi connectivity index (χ2v) is 11.5. The second-order valence-electron chi connectivity index (χ2n) is 11.0. The van der Waals surface area contributed by atoms with Crippen LogP contribution in [0.5, 0.6) is 17.2 Å². The fraction of sp³-hybridized carbons (Fsp3) is 0.424. The van der Waals surface area contributed by atoms with Crippen LogP contribution in [0.4, 0.5) is 5.69 Å². The number of anilines is 1. The number of carbonyl (C=O) groups is 1. The van der Waals surface area contributed by atoms with Gasteiger partial charge in [-0.2, -0.15) is 0 Å². The molecular weight excluding hydrogens is 542 g/mol. The van der Waals surface area contributed by atoms with Crippen LogP contribution in [0.1, 0.15) is 77.9 Å². The van der Waals surface area contributed by atoms with Crippen molar-refractivity contribution in [1.29, 1.82) is 0 Å². The molecule has 8 heteroatoms. The molecule has 0 bridgehead atoms. The fourth-order valence-electron chi connectivity index (χ4n) is 5.88. The first-order valence-corrected chi connectivity index (χ1v) is 14.7. The van der Waals surface area contributed by atoms with Crippen molar-refractivity contribution in [3.05, 3.63) is 81.4 Å². The molecule has 1 aliphatic heterocycles. The van der Waals surface area contributed by atoms with Gasteiger partial charge in [-0.05, 0) is 78.5 Å². The highest BCUT2D eigenvalue weighted by molar-refractivity contribution is 6.31. The number of benzene rings is 3. The molecule has 3 aliphatic rings. The number of amides is 1. The zero-order valence-electron chi connectivity index (χ0n) is 23.5. The lowest BCUT2D eigenvalue weighted by molar-refractivity contribution is -0.124. The molecule has 1 atom stereocenters. The van der Waals surface area contributed by atoms with Crippen molar-refractivity contribution in [2.75, 3.05) is 38.9 Å². The Bertz CT molecular complexity index is 1430. The molecule has 2 aliphatic carbocycles. The number of nitrogens with zero attached hydrogens (tertiary/aromatic N) is 1. The van der Waals surface area contributed by atoms with Gasteiger partial charge in [-0.1, -0.05) is 29.8 Å². The Morgan fingerprint density at radius 3 is 2.46 bits per heavy atom. The summed E-state index contributed by atoms with van der Waals surface area (Å²) in [5, 5.41) is 9.91. The van der Waals surface area contributed by atoms with Crippen LogP contribution in [0.3, 0.4) is 0 Å². The lowest BCUT2D eigenvalue weighted by atomic mass is 9.92. The average molecular weight is 578 g/mol. The van der Waals surface area contributed by atoms with Gasteiger partial charge in [-0.3, -0.25) is 4.79 Å². The minimum Gasteiger partial charge on any atom is -0.497 e. The highest BCUT2D eigenvalue weighted by atomic mass is 35.5. The second kappa shape index (κ2) is 11.9. The summed E-state index contributed by atoms with van der Waals surface area (Å²) in [4.78, 5) is 15.7. The number of halogens is 1. The minimum atomic E-state index is -0.540. The molecule has 0 unspecified atom stereocenters. The number of ether oxygens (including phenoxy) is 4. The van der Waals surface area contributed by atoms with Crippen molar-refractivity contribution >= 4 is 23.2 Å². The number of methoxy groups -OCH3 is 2. The van der Waals surface area contributed by atoms with Gasteiger partial charge in [0.1, 0.15) is 30.0 Å². The molecule has 1 heterocycles. The molecule has 6 rings (SSSR count). The van der Waals surface area contributed by atoms with E-state index in [2.05, 4.69) is 18.2 Å². The number of aliphatic hydroxyl groups is 1. The van der Waals surface area contributed by atoms with Gasteiger partial charge in [0.25, 0.3) is 5.91 Å². The SMILES string of the molecule is COc1ccc(CN2C(=O)CO[C@H](c3cccc(OC)c3C3CC3)c3cc(Cl)cc(OCCCO)c32)c(C2CC2)c1. The number of rotatable bonds is 11. The third kappa shape index (κ3) is 5.76. The van der Waals surface area contributed by atoms with Gasteiger partial charge in [-0.15, -0.1) is 0 Å². The Morgan fingerprint density at radius 2 is 1.76 bits per heavy atom. The largest absolute Gasteiger partial charge is 0.497 e. The van der Waals surface area contributed by atoms with Crippen molar-refractivity contribution in [3.8, 4) is 17.2 Å². The summed E-state index contributed by atoms with van der Waals surface area (Å²) >= 11 is 6.70. The Labute approximate surface area is 245 Å². The molecule has 3 aromatic carbocycles. The number of hydrogen-bond acceptors (Lipinski definition) is 6. The maximum Gasteiger partial charge on any atom is 0.253 e. The highest BCUT2D eigenvalue weighted by Gasteiger charge is 2.38. The molecule has 1 N–H and O–H groups in total. The molecule has 41 heavy (non-hydrogen) atoms. The number of hydrogen-bond donors (Lipinski definition) is 1. The van der Waals surface area contributed by atoms with Crippen LogP contribution in [-0.4, -0.2) is 45.1 Å². The topological polar surface area (TPSA) is 77.5 Å². The zero-order chi connectivity index (χ0) is 28.5. The van der Waals surface area contributed by atoms with Gasteiger partial charge >= 0.3 is 0 Å². The highest BCUT2D eigenvalue weighted by Crippen LogP contribution is 2.52. The van der Waals surface area contributed by atoms with E-state index in [1.807, 2.05) is 24.3 Å². The van der Waals surface area contributed by atoms with Crippen molar-refractivity contribution < 1.29 is 28.8 Å². The Kier molecular flexibility index (Phi) is 8.11. The summed E-state index contributed by atoms with van der Waals surface area (Å²) in [6.45, 7) is 0.564. The summed E-state index contributed by atoms with van der Waals surface area (Å²) in [6, 6.07) is 15.7. The third-order valence-corrected chi connectivity index (χ3v) is 8.36. The van der Waals surface area contributed by atoms with E-state index in [0.29, 0.717) is 47.9 Å². The Hall–Kier alpha value is -3.26. The molecular formula is C33H36ClNO6. The Morgan fingerprint density at radius 1 is 0.951 bits per heavy atom. The van der Waals surface area contributed by atoms with E-state index in [1.54, 1.807) is 25.2 Å². The van der Waals surface area contributed by atoms with Crippen LogP contribution in [0.25, 0.3) is 0 Å². The van der Waals surface area contributed by atoms with E-state index in [4.69, 9.17) is 30.5 Å². The summed E-state index contributed by atoms with van der Waals surface area (Å²) in [6.07, 6.45) is 4.35. The smallest absolute Gasteiger partial charge is 0.253 e. The zero-order valence-corrected chi connectivity index (χ0v) is 24.3. The summed E-state index contributed by atoms with van der Waals surface area (Å²) in [7, 11) is 3.36. The predicted molar refractivity (Wildman–Crippen MR) is 158 cm³/mol. The van der Waals surface area contributed by atoms with Crippen LogP contribution in [0.15, 0.2) is 48.5 Å². The lowest BCUT2D eigenvalue weighted by Crippen LogP contribution is -2.33. The van der Waals surface area contributed by atoms with E-state index in [0.717, 1.165) is 59.4 Å². The van der Waals surface area contributed by atoms with Gasteiger partial charge in [0.15, 0.2) is 0 Å². The van der Waals surface area contributed by atoms with Crippen molar-refractivity contribution in [2.45, 2.75) is 56.6 Å². The number of aliphatic hydroxyl groups excluding tert-OH is 1. The summed E-state index contributed by atoms with van der Waals surface area (Å²) in [5.74, 6) is 2.85. The molecule has 0 saturated heterocycles. The molecule has 7 nitrogen and oxygen atoms in total. The van der Waals surface area contributed by atoms with Gasteiger partial charge < -0.3 is 29.0 Å². The molecule has 0 aromatic heterocycles. The van der Waals surface area contributed by atoms with Crippen LogP contribution in [0, 0.1) is 0 Å². The van der Waals surface area contributed by atoms with E-state index in [1.165, 1.54) is 5.56 Å². The first kappa shape index (κ1) is 27.9. The van der Waals surface area contributed by atoms with E-state index >= 15 is 0 Å². The molecule has 2 saturated carbocycles. The maximum absolute atomic E-state index is 13.9. The van der Waals surface area contributed by atoms with Gasteiger partial charge in [-0.25, -0.2) is 0 Å². The van der Waals surface area contributed by atoms with Crippen molar-refractivity contribution in [1.82, 2.24) is 0 Å². The molecule has 0 spiro atoms. The van der Waals surface area contributed by atoms with Crippen LogP contribution < -0.4 is 19.1 Å². The predicted octanol–water partition coefficient (Wildman–Crippen LogP) is 6.53. The van der Waals surface area contributed by atoms with Gasteiger partial charge in [0.05, 0.1) is 33.1 Å². The third-order valence-electron chi connectivity index (χ3n) is 8.14. The standard InChI is InChI=1S/C33H36ClNO6/c1-38-24-12-11-22(26(17-24)20-7-8-20)18-35-30(37)19-41-33(25-5-3-6-28(39-2)31(25)21-9-10-21)27-15-23(34)16-29(32(27)35)40-14-4-13-36/h3,5-6,11-12,15-17,20-21,33,36H,4,7-10,13-14,18-19H2,1-2H3/t33-/m1/s1. The number of fused-ring (bicyclic) bond motifs is 1. The maximum atomic E-state index is 13.9. The lowest BCUT2D eigenvalue weighted by Gasteiger charge is -2.28. The number of carbonyl (C=O) groups excluding carboxylic acids is 1. The minimum absolute atomic E-state index is 0.00227. The van der Waals surface area contributed by atoms with Crippen molar-refractivity contribution in [3.63, 3.8) is 0 Å². The molecule has 2 fully saturated rings. The van der Waals surface area contributed by atoms with E-state index in [-0.39, 0.29) is 19.1 Å². The van der Waals surface area contributed by atoms with Crippen LogP contribution in [0.2, 0.25) is 5.02 Å². The normalized spacial score (nSPS) is 18.6. The van der Waals surface area contributed by atoms with E-state index in [9.17, 15) is 9.90 Å². The van der Waals surface area contributed by atoms with E-state index < -0.39 is 6.10 Å². The molecule has 1 amide bonds. The monoisotopic (exact) mass is 577 g/mol. The molecule has 3 aromatic rings. The quantitative estimate of drug-likeness (QED) is 0.261. The molecule has 0 radical (unpaired) electrons. The van der Waals surface area contributed by atoms with Crippen LogP contribution >= 0.6 is 11.6 Å². The fourth-order valence-corrected chi connectivity index (χ4v) is 6.09. The average Bonchev–Trinajstić information content (AvgIpc) is 3.89. The Balaban J connectivity index is 1.49. The summed E-state index contributed by atoms with van der Waals surface area (Å²) in [5.41, 5.74) is 5.82. The first-order valence-electron chi connectivity index (χ1n) is 14.3. The van der Waals surface area contributed by atoms with Crippen molar-refractivity contribution in [2.24, 2.45) is 0 Å². The molecule has 216 valence electrons. The first-order chi connectivity index (χ1) is 20.0.